The number of para-hydroxylation sites is 2. The van der Waals surface area contributed by atoms with Gasteiger partial charge in [0.15, 0.2) is 11.5 Å². The van der Waals surface area contributed by atoms with Gasteiger partial charge in [0, 0.05) is 31.2 Å². The van der Waals surface area contributed by atoms with E-state index in [-0.39, 0.29) is 49.4 Å². The topological polar surface area (TPSA) is 71.1 Å². The predicted octanol–water partition coefficient (Wildman–Crippen LogP) is 3.87. The second-order valence-corrected chi connectivity index (χ2v) is 7.73. The first-order valence-corrected chi connectivity index (χ1v) is 10.2. The molecule has 1 unspecified atom stereocenters. The van der Waals surface area contributed by atoms with Crippen molar-refractivity contribution < 1.29 is 32.2 Å². The summed E-state index contributed by atoms with van der Waals surface area (Å²) in [6.45, 7) is 0.849. The van der Waals surface area contributed by atoms with Crippen molar-refractivity contribution >= 4 is 29.2 Å². The molecular formula is C21H19ClF3N3O4. The molecule has 0 aliphatic carbocycles. The molecule has 1 saturated heterocycles. The number of amides is 3. The molecule has 0 bridgehead atoms. The zero-order valence-electron chi connectivity index (χ0n) is 16.7. The van der Waals surface area contributed by atoms with Crippen molar-refractivity contribution in [3.8, 4) is 11.5 Å². The van der Waals surface area contributed by atoms with Gasteiger partial charge in [-0.3, -0.25) is 4.79 Å². The summed E-state index contributed by atoms with van der Waals surface area (Å²) in [7, 11) is 0. The number of benzene rings is 2. The van der Waals surface area contributed by atoms with Crippen molar-refractivity contribution in [1.29, 1.82) is 0 Å². The highest BCUT2D eigenvalue weighted by atomic mass is 35.5. The summed E-state index contributed by atoms with van der Waals surface area (Å²) in [4.78, 5) is 28.2. The second kappa shape index (κ2) is 8.78. The van der Waals surface area contributed by atoms with E-state index in [1.807, 2.05) is 0 Å². The molecule has 11 heteroatoms. The number of urea groups is 1. The summed E-state index contributed by atoms with van der Waals surface area (Å²) in [5.41, 5.74) is -1.40. The fourth-order valence-electron chi connectivity index (χ4n) is 3.53. The maximum Gasteiger partial charge on any atom is 0.418 e. The van der Waals surface area contributed by atoms with Crippen LogP contribution in [0.1, 0.15) is 5.56 Å². The van der Waals surface area contributed by atoms with Crippen molar-refractivity contribution in [3.63, 3.8) is 0 Å². The summed E-state index contributed by atoms with van der Waals surface area (Å²) in [6.07, 6.45) is -5.46. The van der Waals surface area contributed by atoms with Gasteiger partial charge in [-0.15, -0.1) is 0 Å². The van der Waals surface area contributed by atoms with Crippen LogP contribution in [-0.2, 0) is 11.0 Å². The third-order valence-electron chi connectivity index (χ3n) is 5.19. The van der Waals surface area contributed by atoms with Gasteiger partial charge in [-0.2, -0.15) is 13.2 Å². The minimum Gasteiger partial charge on any atom is -0.485 e. The zero-order chi connectivity index (χ0) is 22.9. The van der Waals surface area contributed by atoms with Crippen LogP contribution in [-0.4, -0.2) is 60.6 Å². The molecule has 0 spiro atoms. The molecule has 170 valence electrons. The third-order valence-corrected chi connectivity index (χ3v) is 5.43. The summed E-state index contributed by atoms with van der Waals surface area (Å²) < 4.78 is 51.0. The van der Waals surface area contributed by atoms with Gasteiger partial charge in [-0.05, 0) is 30.3 Å². The number of ether oxygens (including phenoxy) is 2. The largest absolute Gasteiger partial charge is 0.485 e. The number of nitrogens with one attached hydrogen (secondary N) is 1. The van der Waals surface area contributed by atoms with E-state index < -0.39 is 23.9 Å². The number of carbonyl (C=O) groups is 2. The Kier molecular flexibility index (Phi) is 6.05. The Morgan fingerprint density at radius 1 is 1.00 bits per heavy atom. The highest BCUT2D eigenvalue weighted by Gasteiger charge is 2.36. The van der Waals surface area contributed by atoms with Crippen LogP contribution in [0, 0.1) is 0 Å². The summed E-state index contributed by atoms with van der Waals surface area (Å²) in [5.74, 6) is 0.786. The molecule has 0 radical (unpaired) electrons. The molecule has 2 aliphatic heterocycles. The summed E-state index contributed by atoms with van der Waals surface area (Å²) in [6, 6.07) is 9.50. The van der Waals surface area contributed by atoms with E-state index >= 15 is 0 Å². The van der Waals surface area contributed by atoms with Gasteiger partial charge in [0.1, 0.15) is 6.61 Å². The molecule has 3 amide bonds. The number of alkyl halides is 3. The molecule has 1 atom stereocenters. The Hall–Kier alpha value is -3.14. The van der Waals surface area contributed by atoms with E-state index in [2.05, 4.69) is 5.32 Å². The lowest BCUT2D eigenvalue weighted by atomic mass is 10.1. The van der Waals surface area contributed by atoms with Crippen LogP contribution < -0.4 is 14.8 Å². The lowest BCUT2D eigenvalue weighted by molar-refractivity contribution is -0.142. The van der Waals surface area contributed by atoms with E-state index in [0.717, 1.165) is 12.1 Å². The number of carbonyl (C=O) groups excluding carboxylic acids is 2. The minimum absolute atomic E-state index is 0.0767. The van der Waals surface area contributed by atoms with Crippen molar-refractivity contribution in [2.24, 2.45) is 0 Å². The van der Waals surface area contributed by atoms with Crippen LogP contribution in [0.3, 0.4) is 0 Å². The maximum atomic E-state index is 13.2. The van der Waals surface area contributed by atoms with Gasteiger partial charge >= 0.3 is 12.2 Å². The van der Waals surface area contributed by atoms with Crippen molar-refractivity contribution in [3.05, 3.63) is 53.1 Å². The molecule has 1 N–H and O–H groups in total. The Morgan fingerprint density at radius 3 is 2.34 bits per heavy atom. The number of hydrogen-bond donors (Lipinski definition) is 1. The van der Waals surface area contributed by atoms with Gasteiger partial charge in [0.2, 0.25) is 6.10 Å². The van der Waals surface area contributed by atoms with Gasteiger partial charge in [0.25, 0.3) is 5.91 Å². The second-order valence-electron chi connectivity index (χ2n) is 7.29. The van der Waals surface area contributed by atoms with Crippen LogP contribution in [0.4, 0.5) is 23.7 Å². The lowest BCUT2D eigenvalue weighted by Crippen LogP contribution is -2.55. The predicted molar refractivity (Wildman–Crippen MR) is 110 cm³/mol. The number of rotatable bonds is 2. The van der Waals surface area contributed by atoms with E-state index in [4.69, 9.17) is 21.1 Å². The molecule has 2 aromatic carbocycles. The fourth-order valence-corrected chi connectivity index (χ4v) is 3.70. The molecule has 32 heavy (non-hydrogen) atoms. The van der Waals surface area contributed by atoms with Gasteiger partial charge < -0.3 is 24.6 Å². The third kappa shape index (κ3) is 4.69. The minimum atomic E-state index is -4.67. The number of nitrogens with zero attached hydrogens (tertiary/aromatic N) is 2. The van der Waals surface area contributed by atoms with Crippen LogP contribution in [0.5, 0.6) is 11.5 Å². The van der Waals surface area contributed by atoms with Crippen LogP contribution in [0.25, 0.3) is 0 Å². The Morgan fingerprint density at radius 2 is 1.66 bits per heavy atom. The monoisotopic (exact) mass is 469 g/mol. The van der Waals surface area contributed by atoms with Gasteiger partial charge in [-0.1, -0.05) is 23.7 Å². The van der Waals surface area contributed by atoms with Crippen LogP contribution in [0.15, 0.2) is 42.5 Å². The molecule has 0 saturated carbocycles. The lowest BCUT2D eigenvalue weighted by Gasteiger charge is -2.37. The summed E-state index contributed by atoms with van der Waals surface area (Å²) in [5, 5.41) is 2.21. The van der Waals surface area contributed by atoms with E-state index in [1.165, 1.54) is 11.0 Å². The molecule has 4 rings (SSSR count). The number of hydrogen-bond acceptors (Lipinski definition) is 4. The first-order chi connectivity index (χ1) is 15.2. The maximum absolute atomic E-state index is 13.2. The Balaban J connectivity index is 1.34. The first kappa shape index (κ1) is 22.1. The molecule has 2 heterocycles. The number of anilines is 1. The standard InChI is InChI=1S/C21H19ClF3N3O4/c22-13-5-6-15(14(11-13)21(23,24)25)26-20(30)28-9-7-27(8-10-28)19(29)18-12-31-16-3-1-2-4-17(16)32-18/h1-6,11,18H,7-10,12H2,(H,26,30). The van der Waals surface area contributed by atoms with Gasteiger partial charge in [-0.25, -0.2) is 4.79 Å². The quantitative estimate of drug-likeness (QED) is 0.724. The van der Waals surface area contributed by atoms with Gasteiger partial charge in [0.05, 0.1) is 11.3 Å². The average Bonchev–Trinajstić information content (AvgIpc) is 2.79. The Bertz CT molecular complexity index is 1030. The van der Waals surface area contributed by atoms with Crippen LogP contribution >= 0.6 is 11.6 Å². The number of piperazine rings is 1. The Labute approximate surface area is 186 Å². The SMILES string of the molecule is O=C(Nc1ccc(Cl)cc1C(F)(F)F)N1CCN(C(=O)C2COc3ccccc3O2)CC1. The van der Waals surface area contributed by atoms with Crippen molar-refractivity contribution in [2.75, 3.05) is 38.1 Å². The van der Waals surface area contributed by atoms with Crippen molar-refractivity contribution in [2.45, 2.75) is 12.3 Å². The number of fused-ring (bicyclic) bond motifs is 1. The highest BCUT2D eigenvalue weighted by Crippen LogP contribution is 2.36. The smallest absolute Gasteiger partial charge is 0.418 e. The normalized spacial score (nSPS) is 18.3. The molecule has 7 nitrogen and oxygen atoms in total. The molecular weight excluding hydrogens is 451 g/mol. The van der Waals surface area contributed by atoms with Crippen LogP contribution in [0.2, 0.25) is 5.02 Å². The summed E-state index contributed by atoms with van der Waals surface area (Å²) >= 11 is 5.67. The fraction of sp³-hybridized carbons (Fsp3) is 0.333. The highest BCUT2D eigenvalue weighted by molar-refractivity contribution is 6.30. The van der Waals surface area contributed by atoms with E-state index in [0.29, 0.717) is 11.5 Å². The average molecular weight is 470 g/mol. The van der Waals surface area contributed by atoms with Crippen molar-refractivity contribution in [1.82, 2.24) is 9.80 Å². The van der Waals surface area contributed by atoms with E-state index in [1.54, 1.807) is 29.2 Å². The van der Waals surface area contributed by atoms with E-state index in [9.17, 15) is 22.8 Å². The molecule has 2 aliphatic rings. The molecule has 1 fully saturated rings. The first-order valence-electron chi connectivity index (χ1n) is 9.82. The number of halogens is 4. The zero-order valence-corrected chi connectivity index (χ0v) is 17.4. The molecule has 2 aromatic rings. The molecule has 0 aromatic heterocycles.